The molecule has 0 radical (unpaired) electrons. The standard InChI is InChI=1S/C11H14O2/c1-13-11(12)9-5-4-8-10-6-2-3-7-10/h2,6,10H,3-4,7-8H2,1H3. The van der Waals surface area contributed by atoms with Crippen LogP contribution in [0.2, 0.25) is 0 Å². The topological polar surface area (TPSA) is 26.3 Å². The molecule has 1 rings (SSSR count). The van der Waals surface area contributed by atoms with Gasteiger partial charge in [-0.2, -0.15) is 0 Å². The molecule has 1 aliphatic carbocycles. The van der Waals surface area contributed by atoms with Crippen LogP contribution in [0.15, 0.2) is 12.2 Å². The Morgan fingerprint density at radius 2 is 2.54 bits per heavy atom. The summed E-state index contributed by atoms with van der Waals surface area (Å²) in [5.41, 5.74) is 0. The normalized spacial score (nSPS) is 19.3. The molecule has 0 aromatic rings. The number of hydrogen-bond donors (Lipinski definition) is 0. The van der Waals surface area contributed by atoms with E-state index >= 15 is 0 Å². The van der Waals surface area contributed by atoms with E-state index in [0.717, 1.165) is 12.8 Å². The molecule has 1 atom stereocenters. The van der Waals surface area contributed by atoms with Crippen LogP contribution in [0.25, 0.3) is 0 Å². The summed E-state index contributed by atoms with van der Waals surface area (Å²) >= 11 is 0. The van der Waals surface area contributed by atoms with E-state index in [-0.39, 0.29) is 0 Å². The van der Waals surface area contributed by atoms with Crippen molar-refractivity contribution < 1.29 is 9.53 Å². The van der Waals surface area contributed by atoms with Crippen molar-refractivity contribution in [2.24, 2.45) is 5.92 Å². The minimum atomic E-state index is -0.443. The van der Waals surface area contributed by atoms with Crippen molar-refractivity contribution in [1.82, 2.24) is 0 Å². The first-order valence-corrected chi connectivity index (χ1v) is 4.56. The van der Waals surface area contributed by atoms with E-state index in [1.165, 1.54) is 20.0 Å². The van der Waals surface area contributed by atoms with E-state index in [0.29, 0.717) is 5.92 Å². The predicted molar refractivity (Wildman–Crippen MR) is 50.9 cm³/mol. The lowest BCUT2D eigenvalue weighted by atomic mass is 10.0. The summed E-state index contributed by atoms with van der Waals surface area (Å²) in [6.07, 6.45) is 8.71. The third-order valence-corrected chi connectivity index (χ3v) is 2.13. The van der Waals surface area contributed by atoms with Gasteiger partial charge >= 0.3 is 5.97 Å². The summed E-state index contributed by atoms with van der Waals surface area (Å²) in [5.74, 6) is 5.46. The highest BCUT2D eigenvalue weighted by atomic mass is 16.5. The average molecular weight is 178 g/mol. The van der Waals surface area contributed by atoms with Gasteiger partial charge in [0.05, 0.1) is 7.11 Å². The van der Waals surface area contributed by atoms with Crippen molar-refractivity contribution >= 4 is 5.97 Å². The number of ether oxygens (including phenoxy) is 1. The Labute approximate surface area is 79.0 Å². The molecule has 0 bridgehead atoms. The van der Waals surface area contributed by atoms with E-state index in [1.54, 1.807) is 0 Å². The first kappa shape index (κ1) is 9.85. The van der Waals surface area contributed by atoms with E-state index in [4.69, 9.17) is 0 Å². The molecule has 1 aliphatic rings. The van der Waals surface area contributed by atoms with Crippen molar-refractivity contribution in [3.05, 3.63) is 12.2 Å². The second-order valence-electron chi connectivity index (χ2n) is 3.10. The van der Waals surface area contributed by atoms with Crippen LogP contribution in [-0.2, 0) is 9.53 Å². The van der Waals surface area contributed by atoms with Crippen molar-refractivity contribution in [2.75, 3.05) is 7.11 Å². The summed E-state index contributed by atoms with van der Waals surface area (Å²) in [6, 6.07) is 0. The van der Waals surface area contributed by atoms with Crippen LogP contribution in [0.3, 0.4) is 0 Å². The maximum atomic E-state index is 10.6. The van der Waals surface area contributed by atoms with Gasteiger partial charge in [0.2, 0.25) is 0 Å². The van der Waals surface area contributed by atoms with Crippen LogP contribution in [0.5, 0.6) is 0 Å². The molecule has 0 saturated carbocycles. The second-order valence-corrected chi connectivity index (χ2v) is 3.10. The van der Waals surface area contributed by atoms with Gasteiger partial charge in [0.25, 0.3) is 0 Å². The molecule has 0 aliphatic heterocycles. The minimum Gasteiger partial charge on any atom is -0.459 e. The molecule has 2 heteroatoms. The van der Waals surface area contributed by atoms with Crippen molar-refractivity contribution in [3.8, 4) is 11.8 Å². The fourth-order valence-corrected chi connectivity index (χ4v) is 1.38. The van der Waals surface area contributed by atoms with E-state index < -0.39 is 5.97 Å². The van der Waals surface area contributed by atoms with Gasteiger partial charge < -0.3 is 4.74 Å². The van der Waals surface area contributed by atoms with Crippen LogP contribution in [0.1, 0.15) is 25.7 Å². The van der Waals surface area contributed by atoms with Gasteiger partial charge in [-0.05, 0) is 25.2 Å². The molecule has 0 spiro atoms. The fraction of sp³-hybridized carbons (Fsp3) is 0.545. The summed E-state index contributed by atoms with van der Waals surface area (Å²) in [6.45, 7) is 0. The van der Waals surface area contributed by atoms with Gasteiger partial charge in [-0.25, -0.2) is 4.79 Å². The van der Waals surface area contributed by atoms with Gasteiger partial charge in [-0.1, -0.05) is 18.1 Å². The summed E-state index contributed by atoms with van der Waals surface area (Å²) < 4.78 is 4.40. The molecule has 0 fully saturated rings. The minimum absolute atomic E-state index is 0.443. The van der Waals surface area contributed by atoms with E-state index in [2.05, 4.69) is 28.7 Å². The maximum absolute atomic E-state index is 10.6. The molecule has 0 heterocycles. The first-order chi connectivity index (χ1) is 6.33. The highest BCUT2D eigenvalue weighted by Crippen LogP contribution is 2.21. The Balaban J connectivity index is 2.14. The number of hydrogen-bond acceptors (Lipinski definition) is 2. The van der Waals surface area contributed by atoms with Gasteiger partial charge in [-0.3, -0.25) is 0 Å². The molecule has 0 amide bonds. The Bertz CT molecular complexity index is 255. The average Bonchev–Trinajstić information content (AvgIpc) is 2.64. The molecule has 1 unspecified atom stereocenters. The number of esters is 1. The number of methoxy groups -OCH3 is 1. The van der Waals surface area contributed by atoms with Gasteiger partial charge in [0.15, 0.2) is 0 Å². The zero-order chi connectivity index (χ0) is 9.52. The monoisotopic (exact) mass is 178 g/mol. The highest BCUT2D eigenvalue weighted by Gasteiger charge is 2.06. The summed E-state index contributed by atoms with van der Waals surface area (Å²) in [7, 11) is 1.34. The number of carbonyl (C=O) groups excluding carboxylic acids is 1. The molecular weight excluding hydrogens is 164 g/mol. The first-order valence-electron chi connectivity index (χ1n) is 4.56. The van der Waals surface area contributed by atoms with Gasteiger partial charge in [0.1, 0.15) is 0 Å². The van der Waals surface area contributed by atoms with E-state index in [1.807, 2.05) is 0 Å². The van der Waals surface area contributed by atoms with Crippen molar-refractivity contribution in [2.45, 2.75) is 25.7 Å². The van der Waals surface area contributed by atoms with Gasteiger partial charge in [0, 0.05) is 12.3 Å². The number of allylic oxidation sites excluding steroid dienone is 2. The van der Waals surface area contributed by atoms with Crippen LogP contribution in [0, 0.1) is 17.8 Å². The Kier molecular flexibility index (Phi) is 4.11. The Morgan fingerprint density at radius 3 is 3.15 bits per heavy atom. The predicted octanol–water partition coefficient (Wildman–Crippen LogP) is 1.91. The van der Waals surface area contributed by atoms with Crippen molar-refractivity contribution in [3.63, 3.8) is 0 Å². The molecule has 70 valence electrons. The third kappa shape index (κ3) is 3.80. The molecule has 13 heavy (non-hydrogen) atoms. The highest BCUT2D eigenvalue weighted by molar-refractivity contribution is 5.88. The lowest BCUT2D eigenvalue weighted by Gasteiger charge is -2.01. The Morgan fingerprint density at radius 1 is 1.69 bits per heavy atom. The second kappa shape index (κ2) is 5.42. The zero-order valence-corrected chi connectivity index (χ0v) is 7.88. The number of carbonyl (C=O) groups is 1. The van der Waals surface area contributed by atoms with Gasteiger partial charge in [-0.15, -0.1) is 0 Å². The van der Waals surface area contributed by atoms with Crippen LogP contribution < -0.4 is 0 Å². The van der Waals surface area contributed by atoms with Crippen LogP contribution in [0.4, 0.5) is 0 Å². The third-order valence-electron chi connectivity index (χ3n) is 2.13. The molecule has 0 aromatic heterocycles. The lowest BCUT2D eigenvalue weighted by Crippen LogP contribution is -1.95. The zero-order valence-electron chi connectivity index (χ0n) is 7.88. The maximum Gasteiger partial charge on any atom is 0.384 e. The van der Waals surface area contributed by atoms with Crippen molar-refractivity contribution in [1.29, 1.82) is 0 Å². The molecule has 0 N–H and O–H groups in total. The Hall–Kier alpha value is -1.23. The smallest absolute Gasteiger partial charge is 0.384 e. The van der Waals surface area contributed by atoms with E-state index in [9.17, 15) is 4.79 Å². The molecule has 0 aromatic carbocycles. The quantitative estimate of drug-likeness (QED) is 0.279. The molecule has 2 nitrogen and oxygen atoms in total. The SMILES string of the molecule is COC(=O)C#CCCC1C=CCC1. The molecule has 0 saturated heterocycles. The van der Waals surface area contributed by atoms with Crippen LogP contribution >= 0.6 is 0 Å². The summed E-state index contributed by atoms with van der Waals surface area (Å²) in [4.78, 5) is 10.6. The summed E-state index contributed by atoms with van der Waals surface area (Å²) in [5, 5.41) is 0. The molecular formula is C11H14O2. The lowest BCUT2D eigenvalue weighted by molar-refractivity contribution is -0.133. The number of rotatable bonds is 2. The largest absolute Gasteiger partial charge is 0.459 e. The van der Waals surface area contributed by atoms with Crippen LogP contribution in [-0.4, -0.2) is 13.1 Å². The fourth-order valence-electron chi connectivity index (χ4n) is 1.38.